The molecule has 0 radical (unpaired) electrons. The molecule has 1 amide bonds. The molecule has 0 aliphatic rings. The average molecular weight is 274 g/mol. The number of nitrogens with one attached hydrogen (secondary N) is 1. The van der Waals surface area contributed by atoms with Gasteiger partial charge in [0, 0.05) is 9.75 Å². The maximum absolute atomic E-state index is 11.9. The van der Waals surface area contributed by atoms with E-state index in [-0.39, 0.29) is 5.91 Å². The zero-order chi connectivity index (χ0) is 13.7. The van der Waals surface area contributed by atoms with E-state index >= 15 is 0 Å². The largest absolute Gasteiger partial charge is 0.350 e. The van der Waals surface area contributed by atoms with Gasteiger partial charge in [-0.3, -0.25) is 4.79 Å². The van der Waals surface area contributed by atoms with Crippen LogP contribution in [0.1, 0.15) is 15.3 Å². The monoisotopic (exact) mass is 274 g/mol. The predicted molar refractivity (Wildman–Crippen MR) is 79.0 cm³/mol. The minimum atomic E-state index is -0.497. The van der Waals surface area contributed by atoms with E-state index in [9.17, 15) is 4.79 Å². The first kappa shape index (κ1) is 13.8. The molecule has 1 heterocycles. The summed E-state index contributed by atoms with van der Waals surface area (Å²) in [6, 6.07) is 13.4. The second-order valence-corrected chi connectivity index (χ2v) is 5.90. The van der Waals surface area contributed by atoms with E-state index in [1.807, 2.05) is 36.4 Å². The van der Waals surface area contributed by atoms with Gasteiger partial charge in [-0.1, -0.05) is 30.3 Å². The Morgan fingerprint density at radius 1 is 1.26 bits per heavy atom. The minimum absolute atomic E-state index is 0.102. The zero-order valence-electron chi connectivity index (χ0n) is 10.9. The fraction of sp³-hybridized carbons (Fsp3) is 0.267. The highest BCUT2D eigenvalue weighted by molar-refractivity contribution is 7.11. The van der Waals surface area contributed by atoms with Crippen molar-refractivity contribution in [2.75, 3.05) is 0 Å². The number of benzene rings is 1. The molecule has 3 N–H and O–H groups in total. The summed E-state index contributed by atoms with van der Waals surface area (Å²) >= 11 is 1.69. The van der Waals surface area contributed by atoms with Crippen molar-refractivity contribution in [3.05, 3.63) is 57.8 Å². The maximum Gasteiger partial charge on any atom is 0.237 e. The molecular formula is C15H18N2OS. The predicted octanol–water partition coefficient (Wildman–Crippen LogP) is 2.24. The van der Waals surface area contributed by atoms with Crippen molar-refractivity contribution in [2.24, 2.45) is 5.73 Å². The van der Waals surface area contributed by atoms with Gasteiger partial charge >= 0.3 is 0 Å². The number of amides is 1. The van der Waals surface area contributed by atoms with Gasteiger partial charge in [-0.05, 0) is 31.0 Å². The lowest BCUT2D eigenvalue weighted by Gasteiger charge is -2.11. The molecule has 3 nitrogen and oxygen atoms in total. The SMILES string of the molecule is Cc1ccc(CNC(=O)[C@@H](N)Cc2ccccc2)s1. The van der Waals surface area contributed by atoms with E-state index in [0.717, 1.165) is 10.4 Å². The topological polar surface area (TPSA) is 55.1 Å². The third kappa shape index (κ3) is 4.19. The Morgan fingerprint density at radius 3 is 2.63 bits per heavy atom. The van der Waals surface area contributed by atoms with Gasteiger partial charge in [0.25, 0.3) is 0 Å². The van der Waals surface area contributed by atoms with Crippen LogP contribution in [0.25, 0.3) is 0 Å². The van der Waals surface area contributed by atoms with Gasteiger partial charge in [0.15, 0.2) is 0 Å². The van der Waals surface area contributed by atoms with Crippen LogP contribution in [-0.4, -0.2) is 11.9 Å². The second-order valence-electron chi connectivity index (χ2n) is 4.53. The second kappa shape index (κ2) is 6.50. The Labute approximate surface area is 117 Å². The molecule has 0 aliphatic heterocycles. The highest BCUT2D eigenvalue weighted by Crippen LogP contribution is 2.14. The van der Waals surface area contributed by atoms with Crippen LogP contribution in [0, 0.1) is 6.92 Å². The highest BCUT2D eigenvalue weighted by Gasteiger charge is 2.13. The summed E-state index contributed by atoms with van der Waals surface area (Å²) in [7, 11) is 0. The number of nitrogens with two attached hydrogens (primary N) is 1. The van der Waals surface area contributed by atoms with E-state index in [2.05, 4.69) is 18.3 Å². The van der Waals surface area contributed by atoms with Gasteiger partial charge < -0.3 is 11.1 Å². The fourth-order valence-electron chi connectivity index (χ4n) is 1.85. The molecule has 0 bridgehead atoms. The van der Waals surface area contributed by atoms with Crippen LogP contribution in [-0.2, 0) is 17.8 Å². The van der Waals surface area contributed by atoms with Crippen molar-refractivity contribution in [3.8, 4) is 0 Å². The standard InChI is InChI=1S/C15H18N2OS/c1-11-7-8-13(19-11)10-17-15(18)14(16)9-12-5-3-2-4-6-12/h2-8,14H,9-10,16H2,1H3,(H,17,18)/t14-/m0/s1. The molecule has 4 heteroatoms. The molecule has 100 valence electrons. The number of thiophene rings is 1. The molecule has 1 aromatic carbocycles. The molecule has 19 heavy (non-hydrogen) atoms. The van der Waals surface area contributed by atoms with Crippen molar-refractivity contribution < 1.29 is 4.79 Å². The first-order valence-electron chi connectivity index (χ1n) is 6.27. The molecule has 1 aromatic heterocycles. The van der Waals surface area contributed by atoms with Crippen LogP contribution < -0.4 is 11.1 Å². The highest BCUT2D eigenvalue weighted by atomic mass is 32.1. The Hall–Kier alpha value is -1.65. The van der Waals surface area contributed by atoms with Gasteiger partial charge in [0.1, 0.15) is 0 Å². The number of hydrogen-bond donors (Lipinski definition) is 2. The van der Waals surface area contributed by atoms with Gasteiger partial charge in [0.2, 0.25) is 5.91 Å². The Kier molecular flexibility index (Phi) is 4.71. The summed E-state index contributed by atoms with van der Waals surface area (Å²) in [6.45, 7) is 2.61. The van der Waals surface area contributed by atoms with Crippen LogP contribution in [0.3, 0.4) is 0 Å². The molecule has 0 spiro atoms. The van der Waals surface area contributed by atoms with Gasteiger partial charge in [-0.15, -0.1) is 11.3 Å². The third-order valence-electron chi connectivity index (χ3n) is 2.87. The van der Waals surface area contributed by atoms with Gasteiger partial charge in [-0.2, -0.15) is 0 Å². The van der Waals surface area contributed by atoms with Crippen molar-refractivity contribution in [2.45, 2.75) is 25.9 Å². The van der Waals surface area contributed by atoms with E-state index in [0.29, 0.717) is 13.0 Å². The van der Waals surface area contributed by atoms with Crippen LogP contribution >= 0.6 is 11.3 Å². The van der Waals surface area contributed by atoms with Gasteiger partial charge in [-0.25, -0.2) is 0 Å². The Balaban J connectivity index is 1.82. The molecule has 2 rings (SSSR count). The summed E-state index contributed by atoms with van der Waals surface area (Å²) in [4.78, 5) is 14.3. The number of carbonyl (C=O) groups is 1. The van der Waals surface area contributed by atoms with Crippen LogP contribution in [0.2, 0.25) is 0 Å². The minimum Gasteiger partial charge on any atom is -0.350 e. The quantitative estimate of drug-likeness (QED) is 0.878. The molecule has 0 aliphatic carbocycles. The van der Waals surface area contributed by atoms with E-state index in [1.165, 1.54) is 4.88 Å². The smallest absolute Gasteiger partial charge is 0.237 e. The van der Waals surface area contributed by atoms with Crippen LogP contribution in [0.15, 0.2) is 42.5 Å². The number of hydrogen-bond acceptors (Lipinski definition) is 3. The summed E-state index contributed by atoms with van der Waals surface area (Å²) in [6.07, 6.45) is 0.566. The van der Waals surface area contributed by atoms with E-state index < -0.39 is 6.04 Å². The van der Waals surface area contributed by atoms with Crippen LogP contribution in [0.4, 0.5) is 0 Å². The average Bonchev–Trinajstić information content (AvgIpc) is 2.83. The number of aryl methyl sites for hydroxylation is 1. The van der Waals surface area contributed by atoms with E-state index in [4.69, 9.17) is 5.73 Å². The van der Waals surface area contributed by atoms with Crippen molar-refractivity contribution in [1.82, 2.24) is 5.32 Å². The molecule has 0 fully saturated rings. The van der Waals surface area contributed by atoms with Gasteiger partial charge in [0.05, 0.1) is 12.6 Å². The molecule has 0 unspecified atom stereocenters. The first-order valence-corrected chi connectivity index (χ1v) is 7.09. The normalized spacial score (nSPS) is 12.1. The third-order valence-corrected chi connectivity index (χ3v) is 3.87. The molecule has 0 saturated heterocycles. The van der Waals surface area contributed by atoms with Crippen LogP contribution in [0.5, 0.6) is 0 Å². The fourth-order valence-corrected chi connectivity index (χ4v) is 2.68. The van der Waals surface area contributed by atoms with Crippen molar-refractivity contribution >= 4 is 17.2 Å². The van der Waals surface area contributed by atoms with Crippen molar-refractivity contribution in [1.29, 1.82) is 0 Å². The molecular weight excluding hydrogens is 256 g/mol. The first-order chi connectivity index (χ1) is 9.15. The molecule has 0 saturated carbocycles. The maximum atomic E-state index is 11.9. The number of rotatable bonds is 5. The Morgan fingerprint density at radius 2 is 2.00 bits per heavy atom. The Bertz CT molecular complexity index is 536. The lowest BCUT2D eigenvalue weighted by Crippen LogP contribution is -2.41. The summed E-state index contributed by atoms with van der Waals surface area (Å²) < 4.78 is 0. The number of carbonyl (C=O) groups excluding carboxylic acids is 1. The summed E-state index contributed by atoms with van der Waals surface area (Å²) in [5, 5.41) is 2.88. The zero-order valence-corrected chi connectivity index (χ0v) is 11.7. The lowest BCUT2D eigenvalue weighted by atomic mass is 10.1. The summed E-state index contributed by atoms with van der Waals surface area (Å²) in [5.74, 6) is -0.102. The molecule has 1 atom stereocenters. The molecule has 2 aromatic rings. The van der Waals surface area contributed by atoms with Crippen molar-refractivity contribution in [3.63, 3.8) is 0 Å². The summed E-state index contributed by atoms with van der Waals surface area (Å²) in [5.41, 5.74) is 6.99. The lowest BCUT2D eigenvalue weighted by molar-refractivity contribution is -0.122. The van der Waals surface area contributed by atoms with E-state index in [1.54, 1.807) is 11.3 Å².